The Labute approximate surface area is 697 Å². The molecule has 558 valence electrons. The molecule has 0 aliphatic heterocycles. The van der Waals surface area contributed by atoms with E-state index in [9.17, 15) is 0 Å². The quantitative estimate of drug-likeness (QED) is 0.0998. The van der Waals surface area contributed by atoms with Crippen LogP contribution in [0.5, 0.6) is 0 Å². The first-order valence-corrected chi connectivity index (χ1v) is 41.6. The topological polar surface area (TPSA) is 0 Å². The molecule has 0 nitrogen and oxygen atoms in total. The largest absolute Gasteiger partial charge is 0.0622 e. The van der Waals surface area contributed by atoms with E-state index in [1.807, 2.05) is 0 Å². The van der Waals surface area contributed by atoms with Crippen LogP contribution in [0.25, 0.3) is 229 Å². The molecule has 0 heterocycles. The van der Waals surface area contributed by atoms with E-state index in [0.717, 1.165) is 0 Å². The van der Waals surface area contributed by atoms with Crippen LogP contribution in [-0.2, 0) is 0 Å². The molecule has 24 rings (SSSR count). The van der Waals surface area contributed by atoms with Gasteiger partial charge in [-0.05, 0) is 260 Å². The summed E-state index contributed by atoms with van der Waals surface area (Å²) in [5.74, 6) is 0. The van der Waals surface area contributed by atoms with E-state index in [1.165, 1.54) is 229 Å². The average Bonchev–Trinajstić information content (AvgIpc) is 0.727. The molecule has 0 fully saturated rings. The summed E-state index contributed by atoms with van der Waals surface area (Å²) < 4.78 is 0. The van der Waals surface area contributed by atoms with E-state index in [1.54, 1.807) is 0 Å². The molecule has 0 spiro atoms. The van der Waals surface area contributed by atoms with Crippen molar-refractivity contribution in [3.05, 3.63) is 473 Å². The first-order valence-electron chi connectivity index (χ1n) is 41.6. The van der Waals surface area contributed by atoms with Crippen LogP contribution >= 0.6 is 0 Å². The second-order valence-corrected chi connectivity index (χ2v) is 31.5. The maximum absolute atomic E-state index is 2.39. The van der Waals surface area contributed by atoms with E-state index in [4.69, 9.17) is 0 Å². The molecule has 0 aliphatic carbocycles. The van der Waals surface area contributed by atoms with Gasteiger partial charge >= 0.3 is 0 Å². The highest BCUT2D eigenvalue weighted by atomic mass is 14.3. The number of hydrogen-bond donors (Lipinski definition) is 0. The molecule has 0 bridgehead atoms. The minimum Gasteiger partial charge on any atom is -0.0622 e. The van der Waals surface area contributed by atoms with Gasteiger partial charge < -0.3 is 0 Å². The Morgan fingerprint density at radius 3 is 0.767 bits per heavy atom. The summed E-state index contributed by atoms with van der Waals surface area (Å²) in [7, 11) is 0. The monoisotopic (exact) mass is 1520 g/mol. The normalized spacial score (nSPS) is 11.5. The zero-order valence-corrected chi connectivity index (χ0v) is 66.0. The first kappa shape index (κ1) is 71.0. The number of rotatable bonds is 9. The van der Waals surface area contributed by atoms with Gasteiger partial charge in [-0.25, -0.2) is 0 Å². The van der Waals surface area contributed by atoms with E-state index in [0.29, 0.717) is 0 Å². The van der Waals surface area contributed by atoms with Gasteiger partial charge in [0, 0.05) is 0 Å². The zero-order chi connectivity index (χ0) is 79.4. The molecule has 24 aromatic carbocycles. The summed E-state index contributed by atoms with van der Waals surface area (Å²) in [4.78, 5) is 0. The molecule has 0 saturated heterocycles. The molecule has 0 amide bonds. The second kappa shape index (κ2) is 30.5. The third kappa shape index (κ3) is 12.6. The zero-order valence-electron chi connectivity index (χ0n) is 66.0. The number of hydrogen-bond acceptors (Lipinski definition) is 0. The predicted octanol–water partition coefficient (Wildman–Crippen LogP) is 33.9. The van der Waals surface area contributed by atoms with Crippen LogP contribution in [0.4, 0.5) is 0 Å². The van der Waals surface area contributed by atoms with Crippen molar-refractivity contribution in [1.82, 2.24) is 0 Å². The Morgan fingerprint density at radius 1 is 0.0833 bits per heavy atom. The first-order chi connectivity index (χ1) is 59.6. The van der Waals surface area contributed by atoms with Gasteiger partial charge in [-0.2, -0.15) is 0 Å². The van der Waals surface area contributed by atoms with Crippen molar-refractivity contribution in [2.24, 2.45) is 0 Å². The van der Waals surface area contributed by atoms with E-state index in [-0.39, 0.29) is 0 Å². The van der Waals surface area contributed by atoms with Crippen molar-refractivity contribution < 1.29 is 0 Å². The predicted molar refractivity (Wildman–Crippen MR) is 518 cm³/mol. The summed E-state index contributed by atoms with van der Waals surface area (Å²) in [6, 6.07) is 173. The van der Waals surface area contributed by atoms with E-state index in [2.05, 4.69) is 473 Å². The van der Waals surface area contributed by atoms with E-state index < -0.39 is 0 Å². The van der Waals surface area contributed by atoms with Crippen LogP contribution in [0.3, 0.4) is 0 Å². The minimum atomic E-state index is 1.23. The smallest absolute Gasteiger partial charge is 0.00199 e. The standard InChI is InChI=1S/3C40H26/c1-2-12-28(13-3-1)33-20-10-15-30-26-32(23-24-34(30)33)40-37-18-8-6-16-35(37)39(36-17-7-9-19-38(36)40)31-22-21-27-11-4-5-14-29(27)25-31;1-2-13-27(14-3-1)28-16-12-17-30(25-28)39-34-21-8-10-23-36(34)40(37-24-11-9-22-35(37)39)38-26-29-15-4-5-18-31(29)32-19-6-7-20-33(32)38;1-2-12-27(13-3-1)28-22-24-29(25-23-28)39-34-18-8-10-20-36(34)40(37-21-11-9-19-35(37)39)38-26-30-14-4-5-15-31(30)32-16-6-7-17-33(32)38/h3*1-26H. The van der Waals surface area contributed by atoms with E-state index >= 15 is 0 Å². The number of benzene rings is 24. The fraction of sp³-hybridized carbons (Fsp3) is 0. The van der Waals surface area contributed by atoms with Crippen molar-refractivity contribution in [1.29, 1.82) is 0 Å². The summed E-state index contributed by atoms with van der Waals surface area (Å²) in [6.45, 7) is 0. The van der Waals surface area contributed by atoms with Gasteiger partial charge in [0.25, 0.3) is 0 Å². The fourth-order valence-electron chi connectivity index (χ4n) is 19.3. The lowest BCUT2D eigenvalue weighted by Gasteiger charge is -2.20. The van der Waals surface area contributed by atoms with Crippen LogP contribution in [0.2, 0.25) is 0 Å². The Morgan fingerprint density at radius 2 is 0.333 bits per heavy atom. The summed E-state index contributed by atoms with van der Waals surface area (Å²) in [5, 5.41) is 30.7. The molecule has 0 radical (unpaired) electrons. The van der Waals surface area contributed by atoms with Crippen molar-refractivity contribution in [2.75, 3.05) is 0 Å². The molecule has 0 atom stereocenters. The maximum Gasteiger partial charge on any atom is -0.00199 e. The Bertz CT molecular complexity index is 7950. The summed E-state index contributed by atoms with van der Waals surface area (Å²) in [6.07, 6.45) is 0. The molecule has 0 unspecified atom stereocenters. The van der Waals surface area contributed by atoms with Gasteiger partial charge in [-0.3, -0.25) is 0 Å². The van der Waals surface area contributed by atoms with Crippen molar-refractivity contribution in [2.45, 2.75) is 0 Å². The summed E-state index contributed by atoms with van der Waals surface area (Å²) >= 11 is 0. The molecule has 0 N–H and O–H groups in total. The number of fused-ring (bicyclic) bond motifs is 14. The van der Waals surface area contributed by atoms with Crippen LogP contribution in [0.1, 0.15) is 0 Å². The molecular formula is C120H78. The molecule has 24 aromatic rings. The van der Waals surface area contributed by atoms with Crippen molar-refractivity contribution in [3.63, 3.8) is 0 Å². The van der Waals surface area contributed by atoms with Gasteiger partial charge in [0.1, 0.15) is 0 Å². The van der Waals surface area contributed by atoms with Crippen LogP contribution in [0.15, 0.2) is 473 Å². The van der Waals surface area contributed by atoms with Gasteiger partial charge in [-0.15, -0.1) is 0 Å². The second-order valence-electron chi connectivity index (χ2n) is 31.5. The maximum atomic E-state index is 2.39. The third-order valence-electron chi connectivity index (χ3n) is 24.7. The van der Waals surface area contributed by atoms with Gasteiger partial charge in [-0.1, -0.05) is 443 Å². The summed E-state index contributed by atoms with van der Waals surface area (Å²) in [5.41, 5.74) is 22.8. The SMILES string of the molecule is c1ccc(-c2ccc(-c3c4ccccc4c(-c4cc5ccccc5c5ccccc45)c4ccccc34)cc2)cc1.c1ccc(-c2cccc(-c3c4ccccc4c(-c4cc5ccccc5c5ccccc45)c4ccccc34)c2)cc1.c1ccc(-c2cccc3cc(-c4c5ccccc5c(-c5ccc6ccccc6c5)c5ccccc45)ccc23)cc1. The average molecular weight is 1520 g/mol. The molecule has 0 saturated carbocycles. The molecule has 120 heavy (non-hydrogen) atoms. The molecule has 0 aliphatic rings. The van der Waals surface area contributed by atoms with Crippen LogP contribution in [0, 0.1) is 0 Å². The lowest BCUT2D eigenvalue weighted by atomic mass is 9.83. The van der Waals surface area contributed by atoms with Crippen LogP contribution < -0.4 is 0 Å². The molecular weight excluding hydrogens is 1440 g/mol. The highest BCUT2D eigenvalue weighted by Gasteiger charge is 2.24. The third-order valence-corrected chi connectivity index (χ3v) is 24.7. The van der Waals surface area contributed by atoms with Gasteiger partial charge in [0.2, 0.25) is 0 Å². The Kier molecular flexibility index (Phi) is 18.1. The molecule has 0 heteroatoms. The minimum absolute atomic E-state index is 1.23. The van der Waals surface area contributed by atoms with Crippen LogP contribution in [-0.4, -0.2) is 0 Å². The lowest BCUT2D eigenvalue weighted by molar-refractivity contribution is 1.61. The molecule has 0 aromatic heterocycles. The van der Waals surface area contributed by atoms with Gasteiger partial charge in [0.05, 0.1) is 0 Å². The fourth-order valence-corrected chi connectivity index (χ4v) is 19.3. The van der Waals surface area contributed by atoms with Gasteiger partial charge in [0.15, 0.2) is 0 Å². The van der Waals surface area contributed by atoms with Crippen molar-refractivity contribution >= 4 is 129 Å². The Hall–Kier alpha value is -15.6. The Balaban J connectivity index is 0.000000108. The lowest BCUT2D eigenvalue weighted by Crippen LogP contribution is -1.92. The highest BCUT2D eigenvalue weighted by molar-refractivity contribution is 6.29. The highest BCUT2D eigenvalue weighted by Crippen LogP contribution is 2.51. The van der Waals surface area contributed by atoms with Crippen molar-refractivity contribution in [3.8, 4) is 100 Å².